The summed E-state index contributed by atoms with van der Waals surface area (Å²) < 4.78 is 11.7. The van der Waals surface area contributed by atoms with Gasteiger partial charge in [0.1, 0.15) is 0 Å². The standard InChI is InChI=1S/C10H14O3Se/c1-5(11)3-6-7-4-10(2)13-8(7)12-9(6)14-10/h6-9H,3-4H2,1-2H3. The first-order chi connectivity index (χ1) is 6.57. The van der Waals surface area contributed by atoms with Crippen LogP contribution in [0.5, 0.6) is 0 Å². The molecular formula is C10H14O3Se. The fraction of sp³-hybridized carbons (Fsp3) is 0.900. The monoisotopic (exact) mass is 262 g/mol. The van der Waals surface area contributed by atoms with E-state index in [-0.39, 0.29) is 16.6 Å². The van der Waals surface area contributed by atoms with Crippen molar-refractivity contribution >= 4 is 20.7 Å². The van der Waals surface area contributed by atoms with Crippen LogP contribution in [0, 0.1) is 11.8 Å². The third-order valence-corrected chi connectivity index (χ3v) is 6.43. The molecule has 0 saturated carbocycles. The van der Waals surface area contributed by atoms with Crippen LogP contribution in [-0.4, -0.2) is 36.5 Å². The molecule has 0 amide bonds. The van der Waals surface area contributed by atoms with Crippen LogP contribution >= 0.6 is 0 Å². The van der Waals surface area contributed by atoms with Crippen molar-refractivity contribution in [3.8, 4) is 0 Å². The van der Waals surface area contributed by atoms with Gasteiger partial charge in [0, 0.05) is 0 Å². The maximum absolute atomic E-state index is 11.1. The van der Waals surface area contributed by atoms with Crippen LogP contribution in [0.4, 0.5) is 0 Å². The Morgan fingerprint density at radius 1 is 1.64 bits per heavy atom. The number of hydrogen-bond donors (Lipinski definition) is 0. The normalized spacial score (nSPS) is 54.1. The number of rotatable bonds is 2. The molecule has 78 valence electrons. The molecule has 4 aliphatic rings. The molecule has 4 heteroatoms. The number of ketones is 1. The van der Waals surface area contributed by atoms with Crippen molar-refractivity contribution in [3.63, 3.8) is 0 Å². The molecule has 4 rings (SSSR count). The van der Waals surface area contributed by atoms with E-state index in [1.54, 1.807) is 6.92 Å². The Kier molecular flexibility index (Phi) is 1.88. The number of carbonyl (C=O) groups is 1. The van der Waals surface area contributed by atoms with Gasteiger partial charge >= 0.3 is 89.3 Å². The number of hydrogen-bond acceptors (Lipinski definition) is 3. The second-order valence-electron chi connectivity index (χ2n) is 4.68. The van der Waals surface area contributed by atoms with Crippen LogP contribution in [0.3, 0.4) is 0 Å². The molecule has 4 saturated heterocycles. The van der Waals surface area contributed by atoms with Gasteiger partial charge in [-0.15, -0.1) is 0 Å². The van der Waals surface area contributed by atoms with Crippen molar-refractivity contribution in [1.29, 1.82) is 0 Å². The Labute approximate surface area is 89.7 Å². The molecule has 3 nitrogen and oxygen atoms in total. The SMILES string of the molecule is CC(=O)CC1C2OC3OC(C)(CC31)[Se]2. The van der Waals surface area contributed by atoms with E-state index in [0.717, 1.165) is 6.42 Å². The average molecular weight is 261 g/mol. The summed E-state index contributed by atoms with van der Waals surface area (Å²) in [7, 11) is 0. The summed E-state index contributed by atoms with van der Waals surface area (Å²) in [6.07, 6.45) is 1.80. The maximum atomic E-state index is 11.1. The molecule has 0 radical (unpaired) electrons. The minimum atomic E-state index is 0.00461. The van der Waals surface area contributed by atoms with E-state index in [4.69, 9.17) is 9.47 Å². The quantitative estimate of drug-likeness (QED) is 0.688. The Hall–Kier alpha value is 0.109. The van der Waals surface area contributed by atoms with Crippen LogP contribution in [-0.2, 0) is 14.3 Å². The first kappa shape index (κ1) is 9.34. The van der Waals surface area contributed by atoms with Gasteiger partial charge in [-0.1, -0.05) is 0 Å². The second kappa shape index (κ2) is 2.82. The van der Waals surface area contributed by atoms with Gasteiger partial charge in [0.15, 0.2) is 0 Å². The molecule has 5 atom stereocenters. The Morgan fingerprint density at radius 2 is 2.43 bits per heavy atom. The van der Waals surface area contributed by atoms with Crippen LogP contribution in [0.25, 0.3) is 0 Å². The third-order valence-electron chi connectivity index (χ3n) is 3.38. The summed E-state index contributed by atoms with van der Waals surface area (Å²) >= 11 is 0.386. The van der Waals surface area contributed by atoms with Crippen molar-refractivity contribution in [2.75, 3.05) is 0 Å². The zero-order chi connectivity index (χ0) is 9.92. The van der Waals surface area contributed by atoms with Gasteiger partial charge in [-0.2, -0.15) is 0 Å². The molecule has 4 aliphatic heterocycles. The Bertz CT molecular complexity index is 289. The molecule has 0 aromatic carbocycles. The van der Waals surface area contributed by atoms with E-state index in [1.165, 1.54) is 0 Å². The van der Waals surface area contributed by atoms with Gasteiger partial charge in [-0.05, 0) is 0 Å². The van der Waals surface area contributed by atoms with Gasteiger partial charge in [0.05, 0.1) is 0 Å². The van der Waals surface area contributed by atoms with E-state index >= 15 is 0 Å². The summed E-state index contributed by atoms with van der Waals surface area (Å²) in [5, 5.41) is 0.342. The number of carbonyl (C=O) groups excluding carboxylic acids is 1. The first-order valence-electron chi connectivity index (χ1n) is 5.08. The van der Waals surface area contributed by atoms with Gasteiger partial charge in [0.25, 0.3) is 0 Å². The van der Waals surface area contributed by atoms with Gasteiger partial charge in [-0.3, -0.25) is 0 Å². The van der Waals surface area contributed by atoms with Crippen molar-refractivity contribution in [2.24, 2.45) is 11.8 Å². The average Bonchev–Trinajstić information content (AvgIpc) is 2.41. The molecule has 0 aromatic rings. The Morgan fingerprint density at radius 3 is 3.07 bits per heavy atom. The van der Waals surface area contributed by atoms with Crippen molar-refractivity contribution in [1.82, 2.24) is 0 Å². The second-order valence-corrected chi connectivity index (χ2v) is 7.96. The van der Waals surface area contributed by atoms with Crippen LogP contribution < -0.4 is 0 Å². The molecule has 14 heavy (non-hydrogen) atoms. The zero-order valence-corrected chi connectivity index (χ0v) is 10.1. The predicted molar refractivity (Wildman–Crippen MR) is 50.8 cm³/mol. The molecule has 0 aliphatic carbocycles. The van der Waals surface area contributed by atoms with Crippen LogP contribution in [0.2, 0.25) is 0 Å². The molecule has 4 heterocycles. The number of ether oxygens (including phenoxy) is 2. The topological polar surface area (TPSA) is 35.5 Å². The van der Waals surface area contributed by atoms with Crippen molar-refractivity contribution < 1.29 is 14.3 Å². The third kappa shape index (κ3) is 1.21. The summed E-state index contributed by atoms with van der Waals surface area (Å²) in [6.45, 7) is 3.87. The molecular weight excluding hydrogens is 247 g/mol. The molecule has 4 fully saturated rings. The van der Waals surface area contributed by atoms with Gasteiger partial charge in [0.2, 0.25) is 0 Å². The zero-order valence-electron chi connectivity index (χ0n) is 8.36. The molecule has 0 spiro atoms. The summed E-state index contributed by atoms with van der Waals surface area (Å²) in [5.74, 6) is 1.23. The van der Waals surface area contributed by atoms with Gasteiger partial charge in [-0.25, -0.2) is 0 Å². The molecule has 0 N–H and O–H groups in total. The number of Topliss-reactive ketones (excluding diaryl/α,β-unsaturated/α-hetero) is 1. The van der Waals surface area contributed by atoms with Crippen LogP contribution in [0.15, 0.2) is 0 Å². The molecule has 0 aromatic heterocycles. The summed E-state index contributed by atoms with van der Waals surface area (Å²) in [4.78, 5) is 11.1. The predicted octanol–water partition coefficient (Wildman–Crippen LogP) is 0.735. The van der Waals surface area contributed by atoms with Gasteiger partial charge < -0.3 is 0 Å². The summed E-state index contributed by atoms with van der Waals surface area (Å²) in [6, 6.07) is 0. The fourth-order valence-electron chi connectivity index (χ4n) is 2.84. The summed E-state index contributed by atoms with van der Waals surface area (Å²) in [5.41, 5.74) is 0. The minimum absolute atomic E-state index is 0.00461. The fourth-order valence-corrected chi connectivity index (χ4v) is 6.13. The van der Waals surface area contributed by atoms with Crippen LogP contribution in [0.1, 0.15) is 26.7 Å². The van der Waals surface area contributed by atoms with E-state index in [9.17, 15) is 4.79 Å². The van der Waals surface area contributed by atoms with Crippen molar-refractivity contribution in [2.45, 2.75) is 42.5 Å². The van der Waals surface area contributed by atoms with Crippen molar-refractivity contribution in [3.05, 3.63) is 0 Å². The van der Waals surface area contributed by atoms with E-state index < -0.39 is 0 Å². The van der Waals surface area contributed by atoms with E-state index in [2.05, 4.69) is 6.92 Å². The van der Waals surface area contributed by atoms with E-state index in [1.807, 2.05) is 0 Å². The molecule has 4 bridgehead atoms. The van der Waals surface area contributed by atoms with E-state index in [0.29, 0.717) is 38.2 Å². The molecule has 5 unspecified atom stereocenters. The first-order valence-corrected chi connectivity index (χ1v) is 6.92. The Balaban J connectivity index is 1.83.